The number of nitrogens with zero attached hydrogens (tertiary/aromatic N) is 2. The summed E-state index contributed by atoms with van der Waals surface area (Å²) in [7, 11) is 4.01. The molecule has 0 fully saturated rings. The van der Waals surface area contributed by atoms with E-state index in [0.29, 0.717) is 29.7 Å². The quantitative estimate of drug-likeness (QED) is 0.346. The van der Waals surface area contributed by atoms with Crippen LogP contribution in [-0.4, -0.2) is 42.9 Å². The molecule has 1 aliphatic heterocycles. The molecule has 0 N–H and O–H groups in total. The molecule has 184 valence electrons. The van der Waals surface area contributed by atoms with E-state index in [1.165, 1.54) is 0 Å². The number of carbonyl (C=O) groups excluding carboxylic acids is 1. The van der Waals surface area contributed by atoms with E-state index in [1.807, 2.05) is 87.7 Å². The van der Waals surface area contributed by atoms with Crippen LogP contribution in [0.3, 0.4) is 0 Å². The van der Waals surface area contributed by atoms with E-state index in [9.17, 15) is 9.59 Å². The Morgan fingerprint density at radius 3 is 2.44 bits per heavy atom. The lowest BCUT2D eigenvalue weighted by molar-refractivity contribution is 0.0722. The zero-order valence-corrected chi connectivity index (χ0v) is 20.9. The molecule has 0 saturated carbocycles. The Bertz CT molecular complexity index is 1440. The average molecular weight is 483 g/mol. The molecule has 0 radical (unpaired) electrons. The Balaban J connectivity index is 1.50. The second-order valence-corrected chi connectivity index (χ2v) is 9.57. The molecule has 0 spiro atoms. The van der Waals surface area contributed by atoms with Crippen LogP contribution in [-0.2, 0) is 6.61 Å². The molecule has 1 atom stereocenters. The van der Waals surface area contributed by atoms with E-state index in [2.05, 4.69) is 4.90 Å². The number of carbonyl (C=O) groups is 1. The van der Waals surface area contributed by atoms with Crippen molar-refractivity contribution in [1.82, 2.24) is 9.80 Å². The highest BCUT2D eigenvalue weighted by Crippen LogP contribution is 2.38. The fourth-order valence-electron chi connectivity index (χ4n) is 4.76. The average Bonchev–Trinajstić information content (AvgIpc) is 3.16. The van der Waals surface area contributed by atoms with Gasteiger partial charge in [0, 0.05) is 6.54 Å². The highest BCUT2D eigenvalue weighted by Gasteiger charge is 2.42. The molecule has 5 rings (SSSR count). The minimum atomic E-state index is -0.501. The van der Waals surface area contributed by atoms with Gasteiger partial charge in [-0.3, -0.25) is 9.59 Å². The second-order valence-electron chi connectivity index (χ2n) is 9.57. The number of hydrogen-bond acceptors (Lipinski definition) is 5. The van der Waals surface area contributed by atoms with Crippen molar-refractivity contribution < 1.29 is 13.9 Å². The van der Waals surface area contributed by atoms with Crippen molar-refractivity contribution >= 4 is 16.9 Å². The van der Waals surface area contributed by atoms with Gasteiger partial charge < -0.3 is 19.0 Å². The molecule has 4 aromatic rings. The van der Waals surface area contributed by atoms with Gasteiger partial charge in [0.1, 0.15) is 17.9 Å². The summed E-state index contributed by atoms with van der Waals surface area (Å²) >= 11 is 0. The normalized spacial score (nSPS) is 15.1. The second kappa shape index (κ2) is 9.99. The predicted octanol–water partition coefficient (Wildman–Crippen LogP) is 5.18. The monoisotopic (exact) mass is 482 g/mol. The van der Waals surface area contributed by atoms with Crippen LogP contribution in [0.4, 0.5) is 0 Å². The Labute approximate surface area is 210 Å². The van der Waals surface area contributed by atoms with Gasteiger partial charge in [-0.2, -0.15) is 0 Å². The number of rotatable bonds is 8. The summed E-state index contributed by atoms with van der Waals surface area (Å²) in [5, 5.41) is 0.504. The highest BCUT2D eigenvalue weighted by atomic mass is 16.5. The molecule has 0 bridgehead atoms. The van der Waals surface area contributed by atoms with Crippen LogP contribution < -0.4 is 10.2 Å². The molecule has 6 nitrogen and oxygen atoms in total. The Hall–Kier alpha value is -3.90. The Kier molecular flexibility index (Phi) is 6.61. The first-order valence-electron chi connectivity index (χ1n) is 12.2. The predicted molar refractivity (Wildman–Crippen MR) is 140 cm³/mol. The molecule has 6 heteroatoms. The molecule has 2 heterocycles. The van der Waals surface area contributed by atoms with Crippen LogP contribution in [0, 0.1) is 6.92 Å². The van der Waals surface area contributed by atoms with Crippen molar-refractivity contribution in [3.63, 3.8) is 0 Å². The first-order chi connectivity index (χ1) is 17.4. The van der Waals surface area contributed by atoms with Gasteiger partial charge in [0.25, 0.3) is 5.91 Å². The number of ether oxygens (including phenoxy) is 1. The maximum atomic E-state index is 13.7. The van der Waals surface area contributed by atoms with Crippen LogP contribution >= 0.6 is 0 Å². The summed E-state index contributed by atoms with van der Waals surface area (Å²) < 4.78 is 12.0. The summed E-state index contributed by atoms with van der Waals surface area (Å²) in [6.07, 6.45) is 0.786. The minimum Gasteiger partial charge on any atom is -0.489 e. The topological polar surface area (TPSA) is 63.0 Å². The molecule has 0 saturated heterocycles. The maximum absolute atomic E-state index is 13.7. The Morgan fingerprint density at radius 1 is 0.972 bits per heavy atom. The van der Waals surface area contributed by atoms with Gasteiger partial charge in [-0.05, 0) is 69.4 Å². The van der Waals surface area contributed by atoms with Gasteiger partial charge in [0.05, 0.1) is 17.0 Å². The Morgan fingerprint density at radius 2 is 1.72 bits per heavy atom. The summed E-state index contributed by atoms with van der Waals surface area (Å²) in [4.78, 5) is 31.0. The molecule has 0 unspecified atom stereocenters. The smallest absolute Gasteiger partial charge is 0.290 e. The summed E-state index contributed by atoms with van der Waals surface area (Å²) in [6.45, 7) is 3.77. The van der Waals surface area contributed by atoms with E-state index < -0.39 is 6.04 Å². The van der Waals surface area contributed by atoms with Crippen molar-refractivity contribution in [1.29, 1.82) is 0 Å². The van der Waals surface area contributed by atoms with Gasteiger partial charge in [-0.25, -0.2) is 0 Å². The maximum Gasteiger partial charge on any atom is 0.290 e. The number of hydrogen-bond donors (Lipinski definition) is 0. The highest BCUT2D eigenvalue weighted by molar-refractivity contribution is 5.99. The van der Waals surface area contributed by atoms with Crippen LogP contribution in [0.15, 0.2) is 82.0 Å². The first kappa shape index (κ1) is 23.8. The minimum absolute atomic E-state index is 0.146. The summed E-state index contributed by atoms with van der Waals surface area (Å²) in [6, 6.07) is 22.6. The number of amides is 1. The van der Waals surface area contributed by atoms with E-state index in [-0.39, 0.29) is 17.1 Å². The van der Waals surface area contributed by atoms with Crippen LogP contribution in [0.1, 0.15) is 45.3 Å². The van der Waals surface area contributed by atoms with Gasteiger partial charge >= 0.3 is 0 Å². The zero-order chi connectivity index (χ0) is 25.2. The molecule has 36 heavy (non-hydrogen) atoms. The largest absolute Gasteiger partial charge is 0.489 e. The van der Waals surface area contributed by atoms with Gasteiger partial charge in [0.15, 0.2) is 5.43 Å². The molecule has 1 aliphatic rings. The van der Waals surface area contributed by atoms with E-state index >= 15 is 0 Å². The van der Waals surface area contributed by atoms with E-state index in [1.54, 1.807) is 11.0 Å². The van der Waals surface area contributed by atoms with Crippen molar-refractivity contribution in [3.8, 4) is 5.75 Å². The van der Waals surface area contributed by atoms with E-state index in [0.717, 1.165) is 35.4 Å². The van der Waals surface area contributed by atoms with E-state index in [4.69, 9.17) is 9.15 Å². The van der Waals surface area contributed by atoms with Gasteiger partial charge in [-0.1, -0.05) is 54.1 Å². The van der Waals surface area contributed by atoms with Crippen molar-refractivity contribution in [2.24, 2.45) is 0 Å². The van der Waals surface area contributed by atoms with Crippen LogP contribution in [0.25, 0.3) is 11.0 Å². The molecular weight excluding hydrogens is 452 g/mol. The molecule has 1 amide bonds. The molecular formula is C30H30N2O4. The lowest BCUT2D eigenvalue weighted by atomic mass is 9.98. The summed E-state index contributed by atoms with van der Waals surface area (Å²) in [5.74, 6) is 0.640. The lowest BCUT2D eigenvalue weighted by Crippen LogP contribution is -2.32. The third-order valence-electron chi connectivity index (χ3n) is 6.57. The van der Waals surface area contributed by atoms with Crippen LogP contribution in [0.5, 0.6) is 5.75 Å². The zero-order valence-electron chi connectivity index (χ0n) is 20.9. The fraction of sp³-hybridized carbons (Fsp3) is 0.267. The SMILES string of the molecule is Cc1ccc2oc3c(c(=O)c2c1)[C@@H](c1ccc(OCc2ccccc2)cc1)N(CCCN(C)C)C3=O. The third-order valence-corrected chi connectivity index (χ3v) is 6.57. The summed E-state index contributed by atoms with van der Waals surface area (Å²) in [5.41, 5.74) is 3.63. The number of aryl methyl sites for hydroxylation is 1. The van der Waals surface area contributed by atoms with Gasteiger partial charge in [0.2, 0.25) is 5.76 Å². The number of benzene rings is 3. The first-order valence-corrected chi connectivity index (χ1v) is 12.2. The van der Waals surface area contributed by atoms with Gasteiger partial charge in [-0.15, -0.1) is 0 Å². The van der Waals surface area contributed by atoms with Crippen molar-refractivity contribution in [2.75, 3.05) is 27.2 Å². The fourth-order valence-corrected chi connectivity index (χ4v) is 4.76. The standard InChI is InChI=1S/C30H30N2O4/c1-20-10-15-25-24(18-20)28(33)26-27(32(17-7-16-31(2)3)30(34)29(26)36-25)22-11-13-23(14-12-22)35-19-21-8-5-4-6-9-21/h4-6,8-15,18,27H,7,16-17,19H2,1-3H3/t27-/m1/s1. The van der Waals surface area contributed by atoms with Crippen LogP contribution in [0.2, 0.25) is 0 Å². The van der Waals surface area contributed by atoms with Crippen molar-refractivity contribution in [3.05, 3.63) is 111 Å². The molecule has 0 aliphatic carbocycles. The van der Waals surface area contributed by atoms with Crippen molar-refractivity contribution in [2.45, 2.75) is 26.0 Å². The molecule has 1 aromatic heterocycles. The number of fused-ring (bicyclic) bond motifs is 2. The molecule has 3 aromatic carbocycles. The lowest BCUT2D eigenvalue weighted by Gasteiger charge is -2.26. The third kappa shape index (κ3) is 4.64.